The van der Waals surface area contributed by atoms with Crippen LogP contribution in [0.2, 0.25) is 5.15 Å². The third kappa shape index (κ3) is 2.96. The zero-order valence-electron chi connectivity index (χ0n) is 10.9. The van der Waals surface area contributed by atoms with E-state index in [0.717, 1.165) is 5.69 Å². The molecule has 0 atom stereocenters. The zero-order chi connectivity index (χ0) is 14.0. The van der Waals surface area contributed by atoms with Gasteiger partial charge in [0.05, 0.1) is 29.3 Å². The molecule has 0 fully saturated rings. The van der Waals surface area contributed by atoms with Crippen LogP contribution in [0.5, 0.6) is 0 Å². The molecule has 7 heteroatoms. The van der Waals surface area contributed by atoms with Crippen molar-refractivity contribution < 1.29 is 4.74 Å². The van der Waals surface area contributed by atoms with Gasteiger partial charge in [0, 0.05) is 13.2 Å². The van der Waals surface area contributed by atoms with Gasteiger partial charge in [-0.25, -0.2) is 15.0 Å². The van der Waals surface area contributed by atoms with E-state index in [9.17, 15) is 0 Å². The molecule has 0 saturated heterocycles. The molecule has 0 spiro atoms. The molecular weight excluding hydrogens is 332 g/mol. The van der Waals surface area contributed by atoms with E-state index in [1.165, 1.54) is 0 Å². The summed E-state index contributed by atoms with van der Waals surface area (Å²) in [6, 6.07) is 0.273. The highest BCUT2D eigenvalue weighted by Crippen LogP contribution is 2.28. The van der Waals surface area contributed by atoms with Crippen LogP contribution in [-0.2, 0) is 11.3 Å². The molecule has 0 unspecified atom stereocenters. The van der Waals surface area contributed by atoms with Gasteiger partial charge in [0.15, 0.2) is 5.82 Å². The maximum Gasteiger partial charge on any atom is 0.179 e. The Morgan fingerprint density at radius 2 is 2.16 bits per heavy atom. The molecular formula is C12H14BrClN4O. The van der Waals surface area contributed by atoms with Crippen molar-refractivity contribution in [2.24, 2.45) is 0 Å². The highest BCUT2D eigenvalue weighted by Gasteiger charge is 2.15. The van der Waals surface area contributed by atoms with Crippen LogP contribution in [0, 0.1) is 0 Å². The summed E-state index contributed by atoms with van der Waals surface area (Å²) in [5.41, 5.74) is 1.55. The van der Waals surface area contributed by atoms with E-state index in [4.69, 9.17) is 16.3 Å². The third-order valence-corrected chi connectivity index (χ3v) is 3.95. The van der Waals surface area contributed by atoms with Crippen molar-refractivity contribution in [3.63, 3.8) is 0 Å². The Morgan fingerprint density at radius 1 is 1.42 bits per heavy atom. The van der Waals surface area contributed by atoms with E-state index in [0.29, 0.717) is 27.8 Å². The van der Waals surface area contributed by atoms with E-state index < -0.39 is 0 Å². The fourth-order valence-electron chi connectivity index (χ4n) is 1.70. The molecule has 102 valence electrons. The first-order valence-corrected chi connectivity index (χ1v) is 6.94. The number of nitrogens with zero attached hydrogens (tertiary/aromatic N) is 4. The van der Waals surface area contributed by atoms with Gasteiger partial charge in [0.25, 0.3) is 0 Å². The second kappa shape index (κ2) is 5.98. The van der Waals surface area contributed by atoms with E-state index >= 15 is 0 Å². The molecule has 0 aliphatic carbocycles. The van der Waals surface area contributed by atoms with Crippen LogP contribution in [0.1, 0.15) is 25.6 Å². The third-order valence-electron chi connectivity index (χ3n) is 2.61. The van der Waals surface area contributed by atoms with Gasteiger partial charge < -0.3 is 9.30 Å². The highest BCUT2D eigenvalue weighted by molar-refractivity contribution is 9.10. The van der Waals surface area contributed by atoms with Crippen molar-refractivity contribution in [1.29, 1.82) is 0 Å². The Morgan fingerprint density at radius 3 is 2.79 bits per heavy atom. The van der Waals surface area contributed by atoms with E-state index in [1.54, 1.807) is 19.6 Å². The zero-order valence-corrected chi connectivity index (χ0v) is 13.2. The van der Waals surface area contributed by atoms with Crippen molar-refractivity contribution in [2.45, 2.75) is 26.5 Å². The molecule has 0 aliphatic heterocycles. The summed E-state index contributed by atoms with van der Waals surface area (Å²) >= 11 is 9.49. The summed E-state index contributed by atoms with van der Waals surface area (Å²) in [5.74, 6) is 0.548. The summed E-state index contributed by atoms with van der Waals surface area (Å²) in [4.78, 5) is 12.9. The SMILES string of the molecule is COCc1nc(-c2cncn2C(C)C)nc(Cl)c1Br. The van der Waals surface area contributed by atoms with Gasteiger partial charge in [0.2, 0.25) is 0 Å². The fourth-order valence-corrected chi connectivity index (χ4v) is 2.18. The quantitative estimate of drug-likeness (QED) is 0.796. The highest BCUT2D eigenvalue weighted by atomic mass is 79.9. The lowest BCUT2D eigenvalue weighted by atomic mass is 10.3. The number of imidazole rings is 1. The van der Waals surface area contributed by atoms with Crippen molar-refractivity contribution in [3.05, 3.63) is 27.8 Å². The Balaban J connectivity index is 2.53. The molecule has 0 N–H and O–H groups in total. The minimum absolute atomic E-state index is 0.273. The number of halogens is 2. The van der Waals surface area contributed by atoms with Crippen LogP contribution < -0.4 is 0 Å². The summed E-state index contributed by atoms with van der Waals surface area (Å²) in [7, 11) is 1.61. The van der Waals surface area contributed by atoms with Crippen LogP contribution in [0.15, 0.2) is 17.0 Å². The molecule has 0 aromatic carbocycles. The average Bonchev–Trinajstić information content (AvgIpc) is 2.84. The average molecular weight is 346 g/mol. The van der Waals surface area contributed by atoms with Gasteiger partial charge in [-0.2, -0.15) is 0 Å². The standard InChI is InChI=1S/C12H14BrClN4O/c1-7(2)18-6-15-4-9(18)12-16-8(5-19-3)10(13)11(14)17-12/h4,6-7H,5H2,1-3H3. The monoisotopic (exact) mass is 344 g/mol. The maximum atomic E-state index is 6.12. The first-order chi connectivity index (χ1) is 9.04. The second-order valence-corrected chi connectivity index (χ2v) is 5.46. The van der Waals surface area contributed by atoms with E-state index in [-0.39, 0.29) is 6.04 Å². The molecule has 0 aliphatic rings. The van der Waals surface area contributed by atoms with Crippen molar-refractivity contribution in [2.75, 3.05) is 7.11 Å². The van der Waals surface area contributed by atoms with Gasteiger partial charge in [-0.1, -0.05) is 11.6 Å². The van der Waals surface area contributed by atoms with Crippen LogP contribution in [0.25, 0.3) is 11.5 Å². The molecule has 0 radical (unpaired) electrons. The predicted octanol–water partition coefficient (Wildman–Crippen LogP) is 3.48. The van der Waals surface area contributed by atoms with Crippen LogP contribution in [0.3, 0.4) is 0 Å². The van der Waals surface area contributed by atoms with Crippen LogP contribution in [-0.4, -0.2) is 26.6 Å². The predicted molar refractivity (Wildman–Crippen MR) is 77.1 cm³/mol. The number of hydrogen-bond acceptors (Lipinski definition) is 4. The van der Waals surface area contributed by atoms with Crippen molar-refractivity contribution >= 4 is 27.5 Å². The first kappa shape index (κ1) is 14.4. The lowest BCUT2D eigenvalue weighted by molar-refractivity contribution is 0.181. The van der Waals surface area contributed by atoms with Gasteiger partial charge in [-0.15, -0.1) is 0 Å². The van der Waals surface area contributed by atoms with Crippen LogP contribution >= 0.6 is 27.5 Å². The lowest BCUT2D eigenvalue weighted by Crippen LogP contribution is -2.05. The maximum absolute atomic E-state index is 6.12. The van der Waals surface area contributed by atoms with Gasteiger partial charge in [-0.05, 0) is 29.8 Å². The number of aromatic nitrogens is 4. The Hall–Kier alpha value is -0.980. The Kier molecular flexibility index (Phi) is 4.54. The number of methoxy groups -OCH3 is 1. The molecule has 2 aromatic rings. The largest absolute Gasteiger partial charge is 0.378 e. The second-order valence-electron chi connectivity index (χ2n) is 4.31. The van der Waals surface area contributed by atoms with Crippen LogP contribution in [0.4, 0.5) is 0 Å². The van der Waals surface area contributed by atoms with Crippen molar-refractivity contribution in [1.82, 2.24) is 19.5 Å². The minimum atomic E-state index is 0.273. The lowest BCUT2D eigenvalue weighted by Gasteiger charge is -2.12. The number of hydrogen-bond donors (Lipinski definition) is 0. The molecule has 2 rings (SSSR count). The number of ether oxygens (including phenoxy) is 1. The Labute approximate surface area is 125 Å². The fraction of sp³-hybridized carbons (Fsp3) is 0.417. The molecule has 2 aromatic heterocycles. The molecule has 5 nitrogen and oxygen atoms in total. The summed E-state index contributed by atoms with van der Waals surface area (Å²) in [5, 5.41) is 0.369. The van der Waals surface area contributed by atoms with Gasteiger partial charge in [-0.3, -0.25) is 0 Å². The summed E-state index contributed by atoms with van der Waals surface area (Å²) in [6.45, 7) is 4.51. The van der Waals surface area contributed by atoms with E-state index in [2.05, 4.69) is 44.7 Å². The molecule has 0 saturated carbocycles. The number of rotatable bonds is 4. The normalized spacial score (nSPS) is 11.3. The summed E-state index contributed by atoms with van der Waals surface area (Å²) in [6.07, 6.45) is 3.49. The topological polar surface area (TPSA) is 52.8 Å². The molecule has 0 bridgehead atoms. The minimum Gasteiger partial charge on any atom is -0.378 e. The smallest absolute Gasteiger partial charge is 0.179 e. The van der Waals surface area contributed by atoms with Gasteiger partial charge >= 0.3 is 0 Å². The van der Waals surface area contributed by atoms with Crippen molar-refractivity contribution in [3.8, 4) is 11.5 Å². The summed E-state index contributed by atoms with van der Waals surface area (Å²) < 4.78 is 7.77. The van der Waals surface area contributed by atoms with Gasteiger partial charge in [0.1, 0.15) is 10.8 Å². The molecule has 2 heterocycles. The van der Waals surface area contributed by atoms with E-state index in [1.807, 2.05) is 4.57 Å². The Bertz CT molecular complexity index is 585. The molecule has 0 amide bonds. The first-order valence-electron chi connectivity index (χ1n) is 5.77. The molecule has 19 heavy (non-hydrogen) atoms.